The van der Waals surface area contributed by atoms with Crippen molar-refractivity contribution in [2.45, 2.75) is 39.7 Å². The zero-order valence-corrected chi connectivity index (χ0v) is 8.02. The van der Waals surface area contributed by atoms with Gasteiger partial charge in [-0.3, -0.25) is 0 Å². The normalized spacial score (nSPS) is 11.1. The summed E-state index contributed by atoms with van der Waals surface area (Å²) in [4.78, 5) is 7.64. The van der Waals surface area contributed by atoms with Gasteiger partial charge in [-0.25, -0.2) is 4.98 Å². The number of nitrogens with one attached hydrogen (secondary N) is 1. The Morgan fingerprint density at radius 1 is 1.50 bits per heavy atom. The monoisotopic (exact) mass is 167 g/mol. The van der Waals surface area contributed by atoms with Crippen molar-refractivity contribution in [1.29, 1.82) is 0 Å². The maximum atomic E-state index is 5.49. The van der Waals surface area contributed by atoms with Crippen molar-refractivity contribution in [2.75, 3.05) is 0 Å². The summed E-state index contributed by atoms with van der Waals surface area (Å²) < 4.78 is 0. The van der Waals surface area contributed by atoms with Crippen LogP contribution in [0.5, 0.6) is 0 Å². The van der Waals surface area contributed by atoms with Crippen molar-refractivity contribution < 1.29 is 0 Å². The number of hydrogen-bond acceptors (Lipinski definition) is 2. The van der Waals surface area contributed by atoms with Crippen molar-refractivity contribution in [2.24, 2.45) is 5.73 Å². The Balaban J connectivity index is 3.00. The van der Waals surface area contributed by atoms with E-state index in [-0.39, 0.29) is 0 Å². The summed E-state index contributed by atoms with van der Waals surface area (Å²) in [5, 5.41) is 0. The van der Waals surface area contributed by atoms with Gasteiger partial charge in [0.25, 0.3) is 0 Å². The van der Waals surface area contributed by atoms with Gasteiger partial charge >= 0.3 is 0 Å². The molecule has 0 saturated carbocycles. The second-order valence-electron chi connectivity index (χ2n) is 3.26. The number of aromatic amines is 1. The molecule has 1 aromatic heterocycles. The maximum Gasteiger partial charge on any atom is 0.120 e. The van der Waals surface area contributed by atoms with Crippen molar-refractivity contribution in [3.63, 3.8) is 0 Å². The fourth-order valence-corrected chi connectivity index (χ4v) is 1.32. The average molecular weight is 167 g/mol. The lowest BCUT2D eigenvalue weighted by Crippen LogP contribution is -1.98. The van der Waals surface area contributed by atoms with Crippen LogP contribution in [0.15, 0.2) is 0 Å². The van der Waals surface area contributed by atoms with Crippen LogP contribution in [0.25, 0.3) is 0 Å². The second-order valence-corrected chi connectivity index (χ2v) is 3.26. The highest BCUT2D eigenvalue weighted by Gasteiger charge is 2.10. The summed E-state index contributed by atoms with van der Waals surface area (Å²) >= 11 is 0. The lowest BCUT2D eigenvalue weighted by Gasteiger charge is -2.01. The average Bonchev–Trinajstić information content (AvgIpc) is 2.47. The number of hydrogen-bond donors (Lipinski definition) is 2. The fraction of sp³-hybridized carbons (Fsp3) is 0.667. The lowest BCUT2D eigenvalue weighted by molar-refractivity contribution is 0.805. The van der Waals surface area contributed by atoms with Crippen molar-refractivity contribution in [1.82, 2.24) is 9.97 Å². The van der Waals surface area contributed by atoms with Crippen LogP contribution < -0.4 is 5.73 Å². The van der Waals surface area contributed by atoms with Crippen LogP contribution >= 0.6 is 0 Å². The van der Waals surface area contributed by atoms with Crippen LogP contribution in [0.4, 0.5) is 0 Å². The molecule has 0 unspecified atom stereocenters. The molecular formula is C9H17N3. The highest BCUT2D eigenvalue weighted by Crippen LogP contribution is 2.17. The minimum atomic E-state index is 0.483. The number of H-pyrrole nitrogens is 1. The van der Waals surface area contributed by atoms with E-state index < -0.39 is 0 Å². The molecule has 3 N–H and O–H groups in total. The Bertz CT molecular complexity index is 250. The summed E-state index contributed by atoms with van der Waals surface area (Å²) in [6.07, 6.45) is 1.00. The minimum absolute atomic E-state index is 0.483. The molecule has 3 heteroatoms. The first-order chi connectivity index (χ1) is 5.69. The SMILES string of the molecule is CCc1[nH]c(CN)nc1C(C)C. The molecule has 0 aliphatic heterocycles. The van der Waals surface area contributed by atoms with Crippen LogP contribution in [-0.2, 0) is 13.0 Å². The van der Waals surface area contributed by atoms with E-state index in [2.05, 4.69) is 30.7 Å². The third kappa shape index (κ3) is 1.67. The van der Waals surface area contributed by atoms with E-state index in [0.717, 1.165) is 17.9 Å². The van der Waals surface area contributed by atoms with Gasteiger partial charge in [-0.2, -0.15) is 0 Å². The molecule has 0 spiro atoms. The summed E-state index contributed by atoms with van der Waals surface area (Å²) in [7, 11) is 0. The molecule has 1 heterocycles. The molecule has 0 aromatic carbocycles. The number of nitrogens with two attached hydrogens (primary N) is 1. The first-order valence-electron chi connectivity index (χ1n) is 4.46. The number of aromatic nitrogens is 2. The number of rotatable bonds is 3. The molecule has 1 aromatic rings. The smallest absolute Gasteiger partial charge is 0.120 e. The molecule has 12 heavy (non-hydrogen) atoms. The van der Waals surface area contributed by atoms with Crippen LogP contribution in [0.3, 0.4) is 0 Å². The van der Waals surface area contributed by atoms with Crippen LogP contribution in [-0.4, -0.2) is 9.97 Å². The summed E-state index contributed by atoms with van der Waals surface area (Å²) in [6, 6.07) is 0. The number of imidazole rings is 1. The molecule has 68 valence electrons. The van der Waals surface area contributed by atoms with Gasteiger partial charge in [0.15, 0.2) is 0 Å². The Morgan fingerprint density at radius 2 is 2.17 bits per heavy atom. The Kier molecular flexibility index (Phi) is 2.87. The number of nitrogens with zero attached hydrogens (tertiary/aromatic N) is 1. The maximum absolute atomic E-state index is 5.49. The molecule has 0 fully saturated rings. The zero-order valence-electron chi connectivity index (χ0n) is 8.02. The van der Waals surface area contributed by atoms with Gasteiger partial charge < -0.3 is 10.7 Å². The standard InChI is InChI=1S/C9H17N3/c1-4-7-9(6(2)3)12-8(5-10)11-7/h6H,4-5,10H2,1-3H3,(H,11,12). The summed E-state index contributed by atoms with van der Waals surface area (Å²) in [5.41, 5.74) is 7.89. The zero-order chi connectivity index (χ0) is 9.14. The molecule has 0 amide bonds. The molecule has 0 aliphatic carbocycles. The summed E-state index contributed by atoms with van der Waals surface area (Å²) in [6.45, 7) is 6.92. The van der Waals surface area contributed by atoms with Gasteiger partial charge in [0.2, 0.25) is 0 Å². The van der Waals surface area contributed by atoms with Gasteiger partial charge in [0, 0.05) is 5.69 Å². The number of aryl methyl sites for hydroxylation is 1. The Labute approximate surface area is 73.4 Å². The van der Waals surface area contributed by atoms with E-state index in [0.29, 0.717) is 12.5 Å². The highest BCUT2D eigenvalue weighted by atomic mass is 15.0. The topological polar surface area (TPSA) is 54.7 Å². The molecule has 0 aliphatic rings. The van der Waals surface area contributed by atoms with E-state index in [9.17, 15) is 0 Å². The fourth-order valence-electron chi connectivity index (χ4n) is 1.32. The quantitative estimate of drug-likeness (QED) is 0.717. The molecule has 0 saturated heterocycles. The molecule has 0 radical (unpaired) electrons. The third-order valence-corrected chi connectivity index (χ3v) is 1.95. The predicted octanol–water partition coefficient (Wildman–Crippen LogP) is 1.55. The van der Waals surface area contributed by atoms with Gasteiger partial charge in [-0.15, -0.1) is 0 Å². The first-order valence-corrected chi connectivity index (χ1v) is 4.46. The summed E-state index contributed by atoms with van der Waals surface area (Å²) in [5.74, 6) is 1.38. The van der Waals surface area contributed by atoms with Gasteiger partial charge in [0.1, 0.15) is 5.82 Å². The second kappa shape index (κ2) is 3.72. The molecule has 1 rings (SSSR count). The van der Waals surface area contributed by atoms with E-state index in [4.69, 9.17) is 5.73 Å². The third-order valence-electron chi connectivity index (χ3n) is 1.95. The minimum Gasteiger partial charge on any atom is -0.345 e. The largest absolute Gasteiger partial charge is 0.345 e. The van der Waals surface area contributed by atoms with Crippen LogP contribution in [0.1, 0.15) is 43.9 Å². The van der Waals surface area contributed by atoms with E-state index in [1.165, 1.54) is 5.69 Å². The molecule has 3 nitrogen and oxygen atoms in total. The van der Waals surface area contributed by atoms with Crippen molar-refractivity contribution >= 4 is 0 Å². The molecular weight excluding hydrogens is 150 g/mol. The van der Waals surface area contributed by atoms with Crippen LogP contribution in [0, 0.1) is 0 Å². The lowest BCUT2D eigenvalue weighted by atomic mass is 10.1. The molecule has 0 bridgehead atoms. The predicted molar refractivity (Wildman–Crippen MR) is 49.9 cm³/mol. The van der Waals surface area contributed by atoms with Gasteiger partial charge in [-0.05, 0) is 12.3 Å². The van der Waals surface area contributed by atoms with E-state index >= 15 is 0 Å². The highest BCUT2D eigenvalue weighted by molar-refractivity contribution is 5.17. The van der Waals surface area contributed by atoms with Gasteiger partial charge in [0.05, 0.1) is 12.2 Å². The van der Waals surface area contributed by atoms with Crippen molar-refractivity contribution in [3.8, 4) is 0 Å². The first kappa shape index (κ1) is 9.26. The van der Waals surface area contributed by atoms with Crippen molar-refractivity contribution in [3.05, 3.63) is 17.2 Å². The Hall–Kier alpha value is -0.830. The van der Waals surface area contributed by atoms with Crippen LogP contribution in [0.2, 0.25) is 0 Å². The van der Waals surface area contributed by atoms with Gasteiger partial charge in [-0.1, -0.05) is 20.8 Å². The van der Waals surface area contributed by atoms with E-state index in [1.807, 2.05) is 0 Å². The Morgan fingerprint density at radius 3 is 2.50 bits per heavy atom. The molecule has 0 atom stereocenters. The van der Waals surface area contributed by atoms with E-state index in [1.54, 1.807) is 0 Å².